The Morgan fingerprint density at radius 3 is 2.73 bits per heavy atom. The summed E-state index contributed by atoms with van der Waals surface area (Å²) >= 11 is 0. The number of rotatable bonds is 4. The number of halogens is 2. The molecule has 6 heteroatoms. The van der Waals surface area contributed by atoms with Crippen molar-refractivity contribution in [2.75, 3.05) is 32.7 Å². The molecule has 22 heavy (non-hydrogen) atoms. The van der Waals surface area contributed by atoms with Crippen LogP contribution in [0.25, 0.3) is 0 Å². The summed E-state index contributed by atoms with van der Waals surface area (Å²) in [5, 5.41) is 0. The van der Waals surface area contributed by atoms with Crippen molar-refractivity contribution < 1.29 is 8.78 Å². The van der Waals surface area contributed by atoms with Gasteiger partial charge in [0.1, 0.15) is 11.6 Å². The van der Waals surface area contributed by atoms with Gasteiger partial charge in [0.2, 0.25) is 0 Å². The molecule has 0 amide bonds. The van der Waals surface area contributed by atoms with Crippen molar-refractivity contribution in [3.8, 4) is 0 Å². The molecule has 0 aromatic heterocycles. The third-order valence-electron chi connectivity index (χ3n) is 5.03. The van der Waals surface area contributed by atoms with E-state index in [2.05, 4.69) is 22.7 Å². The Hall–Kier alpha value is -1.08. The molecule has 0 aliphatic carbocycles. The van der Waals surface area contributed by atoms with Crippen LogP contribution in [-0.4, -0.2) is 37.6 Å². The van der Waals surface area contributed by atoms with E-state index < -0.39 is 11.6 Å². The molecule has 4 N–H and O–H groups in total. The highest BCUT2D eigenvalue weighted by Gasteiger charge is 2.37. The second-order valence-corrected chi connectivity index (χ2v) is 6.90. The monoisotopic (exact) mass is 310 g/mol. The summed E-state index contributed by atoms with van der Waals surface area (Å²) in [7, 11) is 0. The number of likely N-dealkylation sites (tertiary alicyclic amines) is 1. The topological polar surface area (TPSA) is 53.3 Å². The van der Waals surface area contributed by atoms with Gasteiger partial charge in [0, 0.05) is 31.1 Å². The lowest BCUT2D eigenvalue weighted by atomic mass is 9.90. The van der Waals surface area contributed by atoms with Crippen molar-refractivity contribution in [2.45, 2.75) is 19.4 Å². The Bertz CT molecular complexity index is 519. The van der Waals surface area contributed by atoms with E-state index in [1.165, 1.54) is 18.2 Å². The summed E-state index contributed by atoms with van der Waals surface area (Å²) in [6, 6.07) is 3.69. The number of hydrogen-bond donors (Lipinski definition) is 3. The van der Waals surface area contributed by atoms with Crippen LogP contribution >= 0.6 is 0 Å². The van der Waals surface area contributed by atoms with Gasteiger partial charge in [-0.05, 0) is 37.1 Å². The van der Waals surface area contributed by atoms with Crippen molar-refractivity contribution in [1.82, 2.24) is 15.8 Å². The molecule has 0 bridgehead atoms. The molecular formula is C16H24F2N4. The van der Waals surface area contributed by atoms with Gasteiger partial charge in [-0.2, -0.15) is 0 Å². The molecule has 4 nitrogen and oxygen atoms in total. The maximum Gasteiger partial charge on any atom is 0.130 e. The fourth-order valence-corrected chi connectivity index (χ4v) is 3.60. The quantitative estimate of drug-likeness (QED) is 0.787. The largest absolute Gasteiger partial charge is 0.330 e. The van der Waals surface area contributed by atoms with Gasteiger partial charge in [0.25, 0.3) is 0 Å². The van der Waals surface area contributed by atoms with Gasteiger partial charge in [-0.15, -0.1) is 0 Å². The lowest BCUT2D eigenvalue weighted by Crippen LogP contribution is -2.35. The zero-order valence-corrected chi connectivity index (χ0v) is 12.9. The van der Waals surface area contributed by atoms with Crippen molar-refractivity contribution in [3.63, 3.8) is 0 Å². The van der Waals surface area contributed by atoms with E-state index in [4.69, 9.17) is 5.73 Å². The number of hydrazine groups is 1. The SMILES string of the molecule is CC1(CN)CCN(CC2CNNC2c2c(F)cccc2F)C1. The first kappa shape index (κ1) is 15.8. The van der Waals surface area contributed by atoms with Crippen LogP contribution in [-0.2, 0) is 0 Å². The van der Waals surface area contributed by atoms with Crippen LogP contribution in [0.5, 0.6) is 0 Å². The normalized spacial score (nSPS) is 32.7. The molecule has 2 saturated heterocycles. The van der Waals surface area contributed by atoms with Crippen LogP contribution in [0.3, 0.4) is 0 Å². The molecule has 2 aliphatic rings. The summed E-state index contributed by atoms with van der Waals surface area (Å²) in [6.07, 6.45) is 1.08. The average molecular weight is 310 g/mol. The van der Waals surface area contributed by atoms with Crippen molar-refractivity contribution >= 4 is 0 Å². The number of nitrogens with one attached hydrogen (secondary N) is 2. The lowest BCUT2D eigenvalue weighted by Gasteiger charge is -2.27. The molecule has 3 rings (SSSR count). The molecule has 122 valence electrons. The first-order valence-corrected chi connectivity index (χ1v) is 7.87. The minimum atomic E-state index is -0.487. The molecule has 1 aromatic rings. The maximum atomic E-state index is 14.0. The van der Waals surface area contributed by atoms with Crippen LogP contribution in [0.2, 0.25) is 0 Å². The zero-order valence-electron chi connectivity index (χ0n) is 12.9. The standard InChI is InChI=1S/C16H24F2N4/c1-16(9-19)5-6-22(10-16)8-11-7-20-21-15(11)14-12(17)3-2-4-13(14)18/h2-4,11,15,20-21H,5-10,19H2,1H3. The molecule has 0 saturated carbocycles. The molecule has 0 spiro atoms. The fraction of sp³-hybridized carbons (Fsp3) is 0.625. The first-order chi connectivity index (χ1) is 10.5. The van der Waals surface area contributed by atoms with E-state index in [0.717, 1.165) is 26.1 Å². The van der Waals surface area contributed by atoms with Crippen molar-refractivity contribution in [3.05, 3.63) is 35.4 Å². The molecule has 2 aliphatic heterocycles. The predicted molar refractivity (Wildman–Crippen MR) is 81.9 cm³/mol. The molecule has 2 heterocycles. The molecule has 0 radical (unpaired) electrons. The van der Waals surface area contributed by atoms with Gasteiger partial charge in [-0.25, -0.2) is 14.2 Å². The first-order valence-electron chi connectivity index (χ1n) is 7.87. The van der Waals surface area contributed by atoms with Gasteiger partial charge in [-0.1, -0.05) is 13.0 Å². The average Bonchev–Trinajstić information content (AvgIpc) is 3.08. The summed E-state index contributed by atoms with van der Waals surface area (Å²) < 4.78 is 28.1. The summed E-state index contributed by atoms with van der Waals surface area (Å²) in [6.45, 7) is 6.34. The number of nitrogens with zero attached hydrogens (tertiary/aromatic N) is 1. The minimum Gasteiger partial charge on any atom is -0.330 e. The minimum absolute atomic E-state index is 0.131. The molecule has 3 unspecified atom stereocenters. The van der Waals surface area contributed by atoms with E-state index in [1.54, 1.807) is 0 Å². The Balaban J connectivity index is 1.72. The highest BCUT2D eigenvalue weighted by molar-refractivity contribution is 5.25. The van der Waals surface area contributed by atoms with Gasteiger partial charge in [0.05, 0.1) is 6.04 Å². The van der Waals surface area contributed by atoms with E-state index in [1.807, 2.05) is 0 Å². The molecular weight excluding hydrogens is 286 g/mol. The summed E-state index contributed by atoms with van der Waals surface area (Å²) in [5.41, 5.74) is 12.2. The van der Waals surface area contributed by atoms with Gasteiger partial charge >= 0.3 is 0 Å². The van der Waals surface area contributed by atoms with E-state index in [-0.39, 0.29) is 22.9 Å². The highest BCUT2D eigenvalue weighted by atomic mass is 19.1. The maximum absolute atomic E-state index is 14.0. The predicted octanol–water partition coefficient (Wildman–Crippen LogP) is 1.40. The molecule has 1 aromatic carbocycles. The number of benzene rings is 1. The Morgan fingerprint density at radius 2 is 2.09 bits per heavy atom. The third kappa shape index (κ3) is 3.01. The third-order valence-corrected chi connectivity index (χ3v) is 5.03. The second-order valence-electron chi connectivity index (χ2n) is 6.90. The summed E-state index contributed by atoms with van der Waals surface area (Å²) in [4.78, 5) is 2.36. The van der Waals surface area contributed by atoms with Gasteiger partial charge in [0.15, 0.2) is 0 Å². The van der Waals surface area contributed by atoms with Crippen LogP contribution in [0.1, 0.15) is 24.9 Å². The second kappa shape index (κ2) is 6.20. The highest BCUT2D eigenvalue weighted by Crippen LogP contribution is 2.33. The van der Waals surface area contributed by atoms with E-state index >= 15 is 0 Å². The lowest BCUT2D eigenvalue weighted by molar-refractivity contribution is 0.236. The van der Waals surface area contributed by atoms with Crippen LogP contribution in [0.4, 0.5) is 8.78 Å². The number of nitrogens with two attached hydrogens (primary N) is 1. The summed E-state index contributed by atoms with van der Waals surface area (Å²) in [5.74, 6) is -0.842. The smallest absolute Gasteiger partial charge is 0.130 e. The molecule has 2 fully saturated rings. The Kier molecular flexibility index (Phi) is 4.45. The number of hydrogen-bond acceptors (Lipinski definition) is 4. The van der Waals surface area contributed by atoms with E-state index in [0.29, 0.717) is 13.1 Å². The zero-order chi connectivity index (χ0) is 15.7. The van der Waals surface area contributed by atoms with Crippen LogP contribution in [0, 0.1) is 23.0 Å². The van der Waals surface area contributed by atoms with Gasteiger partial charge < -0.3 is 10.6 Å². The Morgan fingerprint density at radius 1 is 1.36 bits per heavy atom. The Labute approximate surface area is 130 Å². The van der Waals surface area contributed by atoms with Crippen molar-refractivity contribution in [1.29, 1.82) is 0 Å². The molecule has 3 atom stereocenters. The van der Waals surface area contributed by atoms with Gasteiger partial charge in [-0.3, -0.25) is 5.43 Å². The van der Waals surface area contributed by atoms with Crippen LogP contribution in [0.15, 0.2) is 18.2 Å². The van der Waals surface area contributed by atoms with Crippen molar-refractivity contribution in [2.24, 2.45) is 17.1 Å². The van der Waals surface area contributed by atoms with Crippen LogP contribution < -0.4 is 16.6 Å². The fourth-order valence-electron chi connectivity index (χ4n) is 3.60. The van der Waals surface area contributed by atoms with E-state index in [9.17, 15) is 8.78 Å².